The van der Waals surface area contributed by atoms with Crippen LogP contribution in [-0.4, -0.2) is 24.6 Å². The Kier molecular flexibility index (Phi) is 6.37. The van der Waals surface area contributed by atoms with E-state index in [0.717, 1.165) is 16.7 Å². The van der Waals surface area contributed by atoms with Gasteiger partial charge in [0.1, 0.15) is 0 Å². The third-order valence-electron chi connectivity index (χ3n) is 3.61. The molecule has 0 aliphatic heterocycles. The summed E-state index contributed by atoms with van der Waals surface area (Å²) in [6.07, 6.45) is 0.605. The van der Waals surface area contributed by atoms with E-state index in [1.54, 1.807) is 6.92 Å². The van der Waals surface area contributed by atoms with Crippen LogP contribution in [0.1, 0.15) is 18.9 Å². The highest BCUT2D eigenvalue weighted by Crippen LogP contribution is 2.20. The minimum atomic E-state index is -0.648. The minimum Gasteiger partial charge on any atom is -0.466 e. The molecule has 0 spiro atoms. The van der Waals surface area contributed by atoms with E-state index >= 15 is 0 Å². The molecule has 2 aromatic rings. The summed E-state index contributed by atoms with van der Waals surface area (Å²) < 4.78 is 4.94. The van der Waals surface area contributed by atoms with Gasteiger partial charge in [0.2, 0.25) is 0 Å². The van der Waals surface area contributed by atoms with E-state index in [1.807, 2.05) is 54.6 Å². The number of hydrogen-bond acceptors (Lipinski definition) is 3. The fourth-order valence-electron chi connectivity index (χ4n) is 2.54. The van der Waals surface area contributed by atoms with Crippen molar-refractivity contribution in [1.29, 1.82) is 0 Å². The fraction of sp³-hybridized carbons (Fsp3) is 0.263. The van der Waals surface area contributed by atoms with Gasteiger partial charge in [-0.3, -0.25) is 4.79 Å². The number of amides is 2. The van der Waals surface area contributed by atoms with Gasteiger partial charge in [0.05, 0.1) is 13.0 Å². The van der Waals surface area contributed by atoms with Crippen LogP contribution < -0.4 is 11.1 Å². The molecular weight excluding hydrogens is 304 g/mol. The number of primary amides is 1. The maximum absolute atomic E-state index is 11.6. The molecule has 0 saturated heterocycles. The quantitative estimate of drug-likeness (QED) is 0.768. The first kappa shape index (κ1) is 17.5. The smallest absolute Gasteiger partial charge is 0.312 e. The van der Waals surface area contributed by atoms with Crippen molar-refractivity contribution in [1.82, 2.24) is 5.32 Å². The molecule has 0 aromatic heterocycles. The highest BCUT2D eigenvalue weighted by atomic mass is 16.5. The molecule has 0 heterocycles. The standard InChI is InChI=1S/C19H22N2O3/c1-2-24-18(22)13-17(21-19(20)23)12-14-8-10-16(11-9-14)15-6-4-3-5-7-15/h3-11,17H,2,12-13H2,1H3,(H3,20,21,23). The van der Waals surface area contributed by atoms with E-state index in [9.17, 15) is 9.59 Å². The number of esters is 1. The predicted octanol–water partition coefficient (Wildman–Crippen LogP) is 2.89. The normalized spacial score (nSPS) is 11.5. The summed E-state index contributed by atoms with van der Waals surface area (Å²) in [4.78, 5) is 22.8. The SMILES string of the molecule is CCOC(=O)CC(Cc1ccc(-c2ccccc2)cc1)NC(N)=O. The Morgan fingerprint density at radius 3 is 2.25 bits per heavy atom. The topological polar surface area (TPSA) is 81.4 Å². The second kappa shape index (κ2) is 8.72. The Morgan fingerprint density at radius 2 is 1.67 bits per heavy atom. The van der Waals surface area contributed by atoms with E-state index in [-0.39, 0.29) is 18.4 Å². The van der Waals surface area contributed by atoms with E-state index in [2.05, 4.69) is 5.32 Å². The molecule has 2 amide bonds. The molecular formula is C19H22N2O3. The number of carbonyl (C=O) groups excluding carboxylic acids is 2. The lowest BCUT2D eigenvalue weighted by molar-refractivity contribution is -0.143. The lowest BCUT2D eigenvalue weighted by Crippen LogP contribution is -2.41. The van der Waals surface area contributed by atoms with Crippen LogP contribution >= 0.6 is 0 Å². The number of benzene rings is 2. The molecule has 1 unspecified atom stereocenters. The number of urea groups is 1. The highest BCUT2D eigenvalue weighted by molar-refractivity contribution is 5.75. The molecule has 0 aliphatic rings. The average Bonchev–Trinajstić information content (AvgIpc) is 2.56. The van der Waals surface area contributed by atoms with Gasteiger partial charge in [-0.2, -0.15) is 0 Å². The molecule has 24 heavy (non-hydrogen) atoms. The van der Waals surface area contributed by atoms with E-state index in [0.29, 0.717) is 13.0 Å². The van der Waals surface area contributed by atoms with Crippen LogP contribution in [0.4, 0.5) is 4.79 Å². The summed E-state index contributed by atoms with van der Waals surface area (Å²) in [5.74, 6) is -0.350. The van der Waals surface area contributed by atoms with E-state index in [4.69, 9.17) is 10.5 Å². The maximum atomic E-state index is 11.6. The number of carbonyl (C=O) groups is 2. The number of nitrogens with two attached hydrogens (primary N) is 1. The molecule has 0 aliphatic carbocycles. The molecule has 5 nitrogen and oxygen atoms in total. The fourth-order valence-corrected chi connectivity index (χ4v) is 2.54. The maximum Gasteiger partial charge on any atom is 0.312 e. The second-order valence-corrected chi connectivity index (χ2v) is 5.48. The Balaban J connectivity index is 2.05. The number of ether oxygens (including phenoxy) is 1. The van der Waals surface area contributed by atoms with E-state index in [1.165, 1.54) is 0 Å². The Bertz CT molecular complexity index is 669. The molecule has 2 rings (SSSR count). The van der Waals surface area contributed by atoms with Gasteiger partial charge >= 0.3 is 12.0 Å². The zero-order valence-electron chi connectivity index (χ0n) is 13.7. The van der Waals surface area contributed by atoms with Crippen LogP contribution in [0.3, 0.4) is 0 Å². The van der Waals surface area contributed by atoms with Gasteiger partial charge in [0.25, 0.3) is 0 Å². The molecule has 0 saturated carbocycles. The molecule has 1 atom stereocenters. The Morgan fingerprint density at radius 1 is 1.04 bits per heavy atom. The third kappa shape index (κ3) is 5.43. The third-order valence-corrected chi connectivity index (χ3v) is 3.61. The second-order valence-electron chi connectivity index (χ2n) is 5.48. The zero-order chi connectivity index (χ0) is 17.4. The molecule has 126 valence electrons. The summed E-state index contributed by atoms with van der Waals surface area (Å²) in [6.45, 7) is 2.06. The summed E-state index contributed by atoms with van der Waals surface area (Å²) in [5.41, 5.74) is 8.46. The molecule has 0 bridgehead atoms. The lowest BCUT2D eigenvalue weighted by Gasteiger charge is -2.17. The average molecular weight is 326 g/mol. The van der Waals surface area contributed by atoms with Gasteiger partial charge in [-0.15, -0.1) is 0 Å². The van der Waals surface area contributed by atoms with Crippen molar-refractivity contribution in [3.8, 4) is 11.1 Å². The minimum absolute atomic E-state index is 0.0945. The Labute approximate surface area is 141 Å². The van der Waals surface area contributed by atoms with Crippen LogP contribution in [0, 0.1) is 0 Å². The van der Waals surface area contributed by atoms with Crippen molar-refractivity contribution in [2.75, 3.05) is 6.61 Å². The van der Waals surface area contributed by atoms with Crippen molar-refractivity contribution in [2.24, 2.45) is 5.73 Å². The predicted molar refractivity (Wildman–Crippen MR) is 93.3 cm³/mol. The number of hydrogen-bond donors (Lipinski definition) is 2. The summed E-state index contributed by atoms with van der Waals surface area (Å²) in [5, 5.41) is 2.60. The van der Waals surface area contributed by atoms with Crippen molar-refractivity contribution in [3.63, 3.8) is 0 Å². The summed E-state index contributed by atoms with van der Waals surface area (Å²) in [6, 6.07) is 17.1. The number of nitrogens with one attached hydrogen (secondary N) is 1. The highest BCUT2D eigenvalue weighted by Gasteiger charge is 2.16. The summed E-state index contributed by atoms with van der Waals surface area (Å²) in [7, 11) is 0. The molecule has 5 heteroatoms. The van der Waals surface area contributed by atoms with E-state index < -0.39 is 6.03 Å². The first-order valence-corrected chi connectivity index (χ1v) is 7.94. The van der Waals surface area contributed by atoms with Crippen LogP contribution in [-0.2, 0) is 16.0 Å². The monoisotopic (exact) mass is 326 g/mol. The first-order valence-electron chi connectivity index (χ1n) is 7.94. The molecule has 0 fully saturated rings. The van der Waals surface area contributed by atoms with Crippen LogP contribution in [0.5, 0.6) is 0 Å². The van der Waals surface area contributed by atoms with Gasteiger partial charge < -0.3 is 15.8 Å². The van der Waals surface area contributed by atoms with Crippen LogP contribution in [0.2, 0.25) is 0 Å². The lowest BCUT2D eigenvalue weighted by atomic mass is 9.99. The van der Waals surface area contributed by atoms with Crippen molar-refractivity contribution >= 4 is 12.0 Å². The van der Waals surface area contributed by atoms with Crippen LogP contribution in [0.25, 0.3) is 11.1 Å². The van der Waals surface area contributed by atoms with Gasteiger partial charge in [0, 0.05) is 6.04 Å². The molecule has 2 aromatic carbocycles. The van der Waals surface area contributed by atoms with Crippen molar-refractivity contribution < 1.29 is 14.3 Å². The summed E-state index contributed by atoms with van der Waals surface area (Å²) >= 11 is 0. The van der Waals surface area contributed by atoms with Gasteiger partial charge in [0.15, 0.2) is 0 Å². The largest absolute Gasteiger partial charge is 0.466 e. The van der Waals surface area contributed by atoms with Gasteiger partial charge in [-0.05, 0) is 30.0 Å². The zero-order valence-corrected chi connectivity index (χ0v) is 13.7. The van der Waals surface area contributed by atoms with Gasteiger partial charge in [-0.1, -0.05) is 54.6 Å². The molecule has 3 N–H and O–H groups in total. The van der Waals surface area contributed by atoms with Gasteiger partial charge in [-0.25, -0.2) is 4.79 Å². The Hall–Kier alpha value is -2.82. The molecule has 0 radical (unpaired) electrons. The van der Waals surface area contributed by atoms with Crippen molar-refractivity contribution in [2.45, 2.75) is 25.8 Å². The first-order chi connectivity index (χ1) is 11.6. The number of rotatable bonds is 7. The van der Waals surface area contributed by atoms with Crippen molar-refractivity contribution in [3.05, 3.63) is 60.2 Å². The van der Waals surface area contributed by atoms with Crippen LogP contribution in [0.15, 0.2) is 54.6 Å².